The number of hydrogen-bond acceptors (Lipinski definition) is 3. The molecule has 2 rings (SSSR count). The molecular weight excluding hydrogens is 276 g/mol. The molecule has 1 aromatic carbocycles. The SMILES string of the molecule is CCc1c(CO)nn(C(C)C)c1Oc1ccccc1Cl. The summed E-state index contributed by atoms with van der Waals surface area (Å²) in [4.78, 5) is 0. The highest BCUT2D eigenvalue weighted by molar-refractivity contribution is 6.32. The number of benzene rings is 1. The molecule has 1 aromatic heterocycles. The first-order valence-electron chi connectivity index (χ1n) is 6.72. The van der Waals surface area contributed by atoms with Crippen molar-refractivity contribution in [2.45, 2.75) is 39.8 Å². The van der Waals surface area contributed by atoms with Crippen molar-refractivity contribution in [1.82, 2.24) is 9.78 Å². The van der Waals surface area contributed by atoms with E-state index in [4.69, 9.17) is 16.3 Å². The molecule has 1 N–H and O–H groups in total. The fraction of sp³-hybridized carbons (Fsp3) is 0.400. The predicted octanol–water partition coefficient (Wildman–Crippen LogP) is 3.96. The third-order valence-electron chi connectivity index (χ3n) is 3.08. The van der Waals surface area contributed by atoms with E-state index in [-0.39, 0.29) is 12.6 Å². The molecule has 20 heavy (non-hydrogen) atoms. The van der Waals surface area contributed by atoms with E-state index in [0.717, 1.165) is 12.0 Å². The van der Waals surface area contributed by atoms with Gasteiger partial charge >= 0.3 is 0 Å². The van der Waals surface area contributed by atoms with Crippen LogP contribution in [0.25, 0.3) is 0 Å². The Morgan fingerprint density at radius 1 is 1.35 bits per heavy atom. The molecule has 108 valence electrons. The molecule has 0 aliphatic carbocycles. The Kier molecular flexibility index (Phi) is 4.68. The fourth-order valence-corrected chi connectivity index (χ4v) is 2.24. The first-order chi connectivity index (χ1) is 9.58. The Labute approximate surface area is 123 Å². The van der Waals surface area contributed by atoms with Crippen molar-refractivity contribution in [3.63, 3.8) is 0 Å². The average molecular weight is 295 g/mol. The summed E-state index contributed by atoms with van der Waals surface area (Å²) < 4.78 is 7.75. The third-order valence-corrected chi connectivity index (χ3v) is 3.39. The van der Waals surface area contributed by atoms with Crippen LogP contribution in [-0.4, -0.2) is 14.9 Å². The number of hydrogen-bond donors (Lipinski definition) is 1. The average Bonchev–Trinajstić information content (AvgIpc) is 2.79. The lowest BCUT2D eigenvalue weighted by Gasteiger charge is -2.13. The van der Waals surface area contributed by atoms with Crippen molar-refractivity contribution in [1.29, 1.82) is 0 Å². The standard InChI is InChI=1S/C15H19ClN2O2/c1-4-11-13(9-19)17-18(10(2)3)15(11)20-14-8-6-5-7-12(14)16/h5-8,10,19H,4,9H2,1-3H3. The van der Waals surface area contributed by atoms with Gasteiger partial charge in [-0.1, -0.05) is 30.7 Å². The van der Waals surface area contributed by atoms with E-state index in [1.165, 1.54) is 0 Å². The quantitative estimate of drug-likeness (QED) is 0.908. The summed E-state index contributed by atoms with van der Waals surface area (Å²) in [5.74, 6) is 1.25. The van der Waals surface area contributed by atoms with E-state index >= 15 is 0 Å². The highest BCUT2D eigenvalue weighted by Gasteiger charge is 2.20. The summed E-state index contributed by atoms with van der Waals surface area (Å²) in [5, 5.41) is 14.4. The molecule has 0 saturated heterocycles. The Bertz CT molecular complexity index is 594. The van der Waals surface area contributed by atoms with E-state index < -0.39 is 0 Å². The van der Waals surface area contributed by atoms with Crippen LogP contribution in [0.15, 0.2) is 24.3 Å². The Morgan fingerprint density at radius 3 is 2.60 bits per heavy atom. The van der Waals surface area contributed by atoms with Gasteiger partial charge in [-0.2, -0.15) is 5.10 Å². The second-order valence-electron chi connectivity index (χ2n) is 4.81. The van der Waals surface area contributed by atoms with Crippen molar-refractivity contribution >= 4 is 11.6 Å². The summed E-state index contributed by atoms with van der Waals surface area (Å²) in [6.45, 7) is 5.96. The molecule has 0 spiro atoms. The lowest BCUT2D eigenvalue weighted by Crippen LogP contribution is -2.05. The molecule has 4 nitrogen and oxygen atoms in total. The van der Waals surface area contributed by atoms with Crippen LogP contribution in [-0.2, 0) is 13.0 Å². The molecular formula is C15H19ClN2O2. The van der Waals surface area contributed by atoms with Crippen molar-refractivity contribution in [3.05, 3.63) is 40.5 Å². The number of ether oxygens (including phenoxy) is 1. The number of aliphatic hydroxyl groups is 1. The first kappa shape index (κ1) is 14.9. The smallest absolute Gasteiger partial charge is 0.221 e. The van der Waals surface area contributed by atoms with Crippen LogP contribution in [0.2, 0.25) is 5.02 Å². The topological polar surface area (TPSA) is 47.3 Å². The van der Waals surface area contributed by atoms with Crippen LogP contribution in [0.1, 0.15) is 38.1 Å². The number of nitrogens with zero attached hydrogens (tertiary/aromatic N) is 2. The molecule has 0 radical (unpaired) electrons. The van der Waals surface area contributed by atoms with Gasteiger partial charge in [0.1, 0.15) is 5.75 Å². The molecule has 0 unspecified atom stereocenters. The zero-order valence-electron chi connectivity index (χ0n) is 11.9. The van der Waals surface area contributed by atoms with E-state index in [0.29, 0.717) is 22.3 Å². The minimum Gasteiger partial charge on any atom is -0.437 e. The fourth-order valence-electron chi connectivity index (χ4n) is 2.07. The summed E-state index contributed by atoms with van der Waals surface area (Å²) in [6.07, 6.45) is 0.738. The molecule has 0 bridgehead atoms. The van der Waals surface area contributed by atoms with Crippen molar-refractivity contribution in [2.24, 2.45) is 0 Å². The zero-order valence-corrected chi connectivity index (χ0v) is 12.7. The normalized spacial score (nSPS) is 11.1. The van der Waals surface area contributed by atoms with Crippen molar-refractivity contribution < 1.29 is 9.84 Å². The maximum Gasteiger partial charge on any atom is 0.221 e. The number of para-hydroxylation sites is 1. The molecule has 0 amide bonds. The minimum atomic E-state index is -0.0955. The van der Waals surface area contributed by atoms with Crippen LogP contribution in [0, 0.1) is 0 Å². The second-order valence-corrected chi connectivity index (χ2v) is 5.22. The van der Waals surface area contributed by atoms with Gasteiger partial charge in [0.15, 0.2) is 0 Å². The second kappa shape index (κ2) is 6.29. The van der Waals surface area contributed by atoms with Crippen molar-refractivity contribution in [3.8, 4) is 11.6 Å². The van der Waals surface area contributed by atoms with Gasteiger partial charge in [-0.05, 0) is 32.4 Å². The molecule has 0 saturated carbocycles. The lowest BCUT2D eigenvalue weighted by molar-refractivity contribution is 0.273. The maximum atomic E-state index is 9.43. The number of rotatable bonds is 5. The van der Waals surface area contributed by atoms with Crippen LogP contribution >= 0.6 is 11.6 Å². The first-order valence-corrected chi connectivity index (χ1v) is 7.09. The molecule has 0 atom stereocenters. The van der Waals surface area contributed by atoms with Gasteiger partial charge < -0.3 is 9.84 Å². The summed E-state index contributed by atoms with van der Waals surface area (Å²) in [7, 11) is 0. The van der Waals surface area contributed by atoms with Crippen LogP contribution in [0.4, 0.5) is 0 Å². The number of aliphatic hydroxyl groups excluding tert-OH is 1. The van der Waals surface area contributed by atoms with Gasteiger partial charge in [0, 0.05) is 5.56 Å². The molecule has 0 fully saturated rings. The van der Waals surface area contributed by atoms with Gasteiger partial charge in [-0.15, -0.1) is 0 Å². The van der Waals surface area contributed by atoms with Gasteiger partial charge in [0.25, 0.3) is 0 Å². The molecule has 0 aliphatic rings. The van der Waals surface area contributed by atoms with Gasteiger partial charge in [0.05, 0.1) is 23.4 Å². The largest absolute Gasteiger partial charge is 0.437 e. The molecule has 5 heteroatoms. The van der Waals surface area contributed by atoms with E-state index in [9.17, 15) is 5.11 Å². The molecule has 2 aromatic rings. The number of halogens is 1. The zero-order chi connectivity index (χ0) is 14.7. The minimum absolute atomic E-state index is 0.0955. The summed E-state index contributed by atoms with van der Waals surface area (Å²) in [6, 6.07) is 7.46. The van der Waals surface area contributed by atoms with Gasteiger partial charge in [-0.3, -0.25) is 0 Å². The number of aromatic nitrogens is 2. The van der Waals surface area contributed by atoms with E-state index in [1.54, 1.807) is 10.7 Å². The predicted molar refractivity (Wildman–Crippen MR) is 79.4 cm³/mol. The van der Waals surface area contributed by atoms with Gasteiger partial charge in [0.2, 0.25) is 5.88 Å². The summed E-state index contributed by atoms with van der Waals surface area (Å²) >= 11 is 6.14. The van der Waals surface area contributed by atoms with Crippen molar-refractivity contribution in [2.75, 3.05) is 0 Å². The monoisotopic (exact) mass is 294 g/mol. The Balaban J connectivity index is 2.49. The van der Waals surface area contributed by atoms with E-state index in [1.807, 2.05) is 39.0 Å². The third kappa shape index (κ3) is 2.81. The van der Waals surface area contributed by atoms with Gasteiger partial charge in [-0.25, -0.2) is 4.68 Å². The van der Waals surface area contributed by atoms with Crippen LogP contribution < -0.4 is 4.74 Å². The lowest BCUT2D eigenvalue weighted by atomic mass is 10.2. The Morgan fingerprint density at radius 2 is 2.05 bits per heavy atom. The van der Waals surface area contributed by atoms with Crippen LogP contribution in [0.3, 0.4) is 0 Å². The molecule has 1 heterocycles. The Hall–Kier alpha value is -1.52. The highest BCUT2D eigenvalue weighted by Crippen LogP contribution is 2.34. The molecule has 0 aliphatic heterocycles. The summed E-state index contributed by atoms with van der Waals surface area (Å²) in [5.41, 5.74) is 1.57. The van der Waals surface area contributed by atoms with Crippen LogP contribution in [0.5, 0.6) is 11.6 Å². The van der Waals surface area contributed by atoms with E-state index in [2.05, 4.69) is 5.10 Å². The highest BCUT2D eigenvalue weighted by atomic mass is 35.5. The maximum absolute atomic E-state index is 9.43.